The lowest BCUT2D eigenvalue weighted by molar-refractivity contribution is -0.182. The average molecular weight is 328 g/mol. The Balaban J connectivity index is 4.90. The molecule has 0 aliphatic heterocycles. The lowest BCUT2D eigenvalue weighted by Crippen LogP contribution is -2.45. The molecule has 0 aromatic rings. The summed E-state index contributed by atoms with van der Waals surface area (Å²) in [4.78, 5) is 24.4. The fourth-order valence-electron chi connectivity index (χ4n) is 2.20. The van der Waals surface area contributed by atoms with E-state index in [2.05, 4.69) is 0 Å². The second kappa shape index (κ2) is 7.23. The number of carbonyl (C=O) groups is 2. The smallest absolute Gasteiger partial charge is 0.317 e. The molecule has 0 aromatic carbocycles. The molecule has 23 heavy (non-hydrogen) atoms. The Hall–Kier alpha value is -1.06. The van der Waals surface area contributed by atoms with E-state index in [1.54, 1.807) is 0 Å². The van der Waals surface area contributed by atoms with Crippen LogP contribution in [0.5, 0.6) is 0 Å². The van der Waals surface area contributed by atoms with Gasteiger partial charge >= 0.3 is 11.9 Å². The lowest BCUT2D eigenvalue weighted by Gasteiger charge is -2.41. The van der Waals surface area contributed by atoms with Gasteiger partial charge in [-0.2, -0.15) is 0 Å². The molecule has 2 atom stereocenters. The third-order valence-corrected chi connectivity index (χ3v) is 5.49. The standard InChI is InChI=1S/C19H36O4/c1-11-18(9,16(3,4)5)22-14(20)13-15(21)23-19(10,12-2)17(6,7)8/h11-13H2,1-10H3. The Labute approximate surface area is 142 Å². The van der Waals surface area contributed by atoms with E-state index in [1.165, 1.54) is 0 Å². The molecule has 0 aliphatic rings. The molecule has 0 rings (SSSR count). The fraction of sp³-hybridized carbons (Fsp3) is 0.895. The molecule has 0 N–H and O–H groups in total. The van der Waals surface area contributed by atoms with E-state index in [-0.39, 0.29) is 17.3 Å². The highest BCUT2D eigenvalue weighted by molar-refractivity contribution is 5.91. The van der Waals surface area contributed by atoms with Gasteiger partial charge in [0.25, 0.3) is 0 Å². The normalized spacial score (nSPS) is 17.8. The zero-order valence-electron chi connectivity index (χ0n) is 16.8. The summed E-state index contributed by atoms with van der Waals surface area (Å²) in [7, 11) is 0. The molecule has 0 radical (unpaired) electrons. The highest BCUT2D eigenvalue weighted by Crippen LogP contribution is 2.38. The molecule has 0 aromatic heterocycles. The number of ether oxygens (including phenoxy) is 2. The average Bonchev–Trinajstić information content (AvgIpc) is 2.35. The van der Waals surface area contributed by atoms with Crippen LogP contribution in [-0.2, 0) is 19.1 Å². The van der Waals surface area contributed by atoms with Crippen molar-refractivity contribution in [2.24, 2.45) is 10.8 Å². The first-order valence-electron chi connectivity index (χ1n) is 8.55. The first kappa shape index (κ1) is 21.9. The molecule has 0 aliphatic carbocycles. The van der Waals surface area contributed by atoms with Gasteiger partial charge in [0.2, 0.25) is 0 Å². The van der Waals surface area contributed by atoms with E-state index < -0.39 is 23.1 Å². The van der Waals surface area contributed by atoms with Crippen molar-refractivity contribution in [2.75, 3.05) is 0 Å². The summed E-state index contributed by atoms with van der Waals surface area (Å²) in [5.74, 6) is -1.05. The van der Waals surface area contributed by atoms with Gasteiger partial charge < -0.3 is 9.47 Å². The van der Waals surface area contributed by atoms with E-state index >= 15 is 0 Å². The maximum atomic E-state index is 12.2. The van der Waals surface area contributed by atoms with Gasteiger partial charge in [-0.1, -0.05) is 55.4 Å². The molecule has 136 valence electrons. The summed E-state index contributed by atoms with van der Waals surface area (Å²) in [6.07, 6.45) is 1.02. The molecule has 0 spiro atoms. The van der Waals surface area contributed by atoms with E-state index in [1.807, 2.05) is 69.2 Å². The summed E-state index contributed by atoms with van der Waals surface area (Å²) >= 11 is 0. The lowest BCUT2D eigenvalue weighted by atomic mass is 9.76. The van der Waals surface area contributed by atoms with Crippen LogP contribution in [0.2, 0.25) is 0 Å². The molecule has 0 bridgehead atoms. The van der Waals surface area contributed by atoms with Crippen molar-refractivity contribution in [2.45, 2.75) is 99.7 Å². The molecule has 0 heterocycles. The predicted octanol–water partition coefficient (Wildman–Crippen LogP) is 4.89. The molecule has 4 nitrogen and oxygen atoms in total. The van der Waals surface area contributed by atoms with Crippen LogP contribution in [0.1, 0.15) is 88.5 Å². The maximum absolute atomic E-state index is 12.2. The second-order valence-electron chi connectivity index (χ2n) is 8.79. The molecule has 2 unspecified atom stereocenters. The van der Waals surface area contributed by atoms with Gasteiger partial charge in [-0.3, -0.25) is 9.59 Å². The number of hydrogen-bond acceptors (Lipinski definition) is 4. The Kier molecular flexibility index (Phi) is 6.89. The SMILES string of the molecule is CCC(C)(OC(=O)CC(=O)OC(C)(CC)C(C)(C)C)C(C)(C)C. The summed E-state index contributed by atoms with van der Waals surface area (Å²) in [6, 6.07) is 0. The summed E-state index contributed by atoms with van der Waals surface area (Å²) in [5, 5.41) is 0. The second-order valence-corrected chi connectivity index (χ2v) is 8.79. The zero-order valence-corrected chi connectivity index (χ0v) is 16.8. The van der Waals surface area contributed by atoms with Crippen molar-refractivity contribution >= 4 is 11.9 Å². The van der Waals surface area contributed by atoms with Crippen molar-refractivity contribution in [3.63, 3.8) is 0 Å². The van der Waals surface area contributed by atoms with Crippen LogP contribution in [0.15, 0.2) is 0 Å². The first-order valence-corrected chi connectivity index (χ1v) is 8.55. The van der Waals surface area contributed by atoms with E-state index in [0.717, 1.165) is 0 Å². The van der Waals surface area contributed by atoms with Crippen molar-refractivity contribution in [3.8, 4) is 0 Å². The highest BCUT2D eigenvalue weighted by atomic mass is 16.6. The molecular formula is C19H36O4. The van der Waals surface area contributed by atoms with Crippen LogP contribution < -0.4 is 0 Å². The third-order valence-electron chi connectivity index (χ3n) is 5.49. The maximum Gasteiger partial charge on any atom is 0.317 e. The number of carbonyl (C=O) groups excluding carboxylic acids is 2. The Morgan fingerprint density at radius 1 is 0.652 bits per heavy atom. The zero-order chi connectivity index (χ0) is 18.7. The van der Waals surface area contributed by atoms with Gasteiger partial charge in [-0.05, 0) is 26.7 Å². The van der Waals surface area contributed by atoms with Crippen LogP contribution >= 0.6 is 0 Å². The first-order chi connectivity index (χ1) is 10.1. The number of esters is 2. The molecular weight excluding hydrogens is 292 g/mol. The van der Waals surface area contributed by atoms with Crippen molar-refractivity contribution in [1.29, 1.82) is 0 Å². The van der Waals surface area contributed by atoms with Gasteiger partial charge in [0.15, 0.2) is 0 Å². The van der Waals surface area contributed by atoms with Crippen molar-refractivity contribution in [3.05, 3.63) is 0 Å². The van der Waals surface area contributed by atoms with E-state index in [4.69, 9.17) is 9.47 Å². The Bertz CT molecular complexity index is 388. The monoisotopic (exact) mass is 328 g/mol. The van der Waals surface area contributed by atoms with Crippen LogP contribution in [0.4, 0.5) is 0 Å². The van der Waals surface area contributed by atoms with Gasteiger partial charge in [-0.15, -0.1) is 0 Å². The van der Waals surface area contributed by atoms with E-state index in [9.17, 15) is 9.59 Å². The van der Waals surface area contributed by atoms with Crippen molar-refractivity contribution < 1.29 is 19.1 Å². The third kappa shape index (κ3) is 5.50. The molecule has 4 heteroatoms. The number of rotatable bonds is 6. The molecule has 0 fully saturated rings. The van der Waals surface area contributed by atoms with Crippen LogP contribution in [0, 0.1) is 10.8 Å². The van der Waals surface area contributed by atoms with E-state index in [0.29, 0.717) is 12.8 Å². The van der Waals surface area contributed by atoms with Crippen LogP contribution in [0.25, 0.3) is 0 Å². The topological polar surface area (TPSA) is 52.6 Å². The largest absolute Gasteiger partial charge is 0.458 e. The predicted molar refractivity (Wildman–Crippen MR) is 93.1 cm³/mol. The van der Waals surface area contributed by atoms with Crippen molar-refractivity contribution in [1.82, 2.24) is 0 Å². The Morgan fingerprint density at radius 2 is 0.913 bits per heavy atom. The molecule has 0 saturated carbocycles. The quantitative estimate of drug-likeness (QED) is 0.514. The van der Waals surface area contributed by atoms with Crippen LogP contribution in [0.3, 0.4) is 0 Å². The van der Waals surface area contributed by atoms with Gasteiger partial charge in [0, 0.05) is 10.8 Å². The summed E-state index contributed by atoms with van der Waals surface area (Å²) in [6.45, 7) is 19.9. The minimum atomic E-state index is -0.609. The summed E-state index contributed by atoms with van der Waals surface area (Å²) in [5.41, 5.74) is -1.62. The Morgan fingerprint density at radius 3 is 1.09 bits per heavy atom. The minimum Gasteiger partial charge on any atom is -0.458 e. The molecule has 0 saturated heterocycles. The van der Waals surface area contributed by atoms with Gasteiger partial charge in [0.05, 0.1) is 0 Å². The van der Waals surface area contributed by atoms with Gasteiger partial charge in [-0.25, -0.2) is 0 Å². The summed E-state index contributed by atoms with van der Waals surface area (Å²) < 4.78 is 11.2. The van der Waals surface area contributed by atoms with Gasteiger partial charge in [0.1, 0.15) is 17.6 Å². The fourth-order valence-corrected chi connectivity index (χ4v) is 2.20. The highest BCUT2D eigenvalue weighted by Gasteiger charge is 2.42. The molecule has 0 amide bonds. The van der Waals surface area contributed by atoms with Crippen LogP contribution in [-0.4, -0.2) is 23.1 Å². The minimum absolute atomic E-state index is 0.204. The number of hydrogen-bond donors (Lipinski definition) is 0.